The molecule has 1 heterocycles. The Morgan fingerprint density at radius 2 is 0.800 bits per heavy atom. The Bertz CT molecular complexity index is 3260. The predicted molar refractivity (Wildman–Crippen MR) is 298 cm³/mol. The third-order valence-electron chi connectivity index (χ3n) is 14.4. The molecular formula is C64H70BrNO4. The lowest BCUT2D eigenvalue weighted by Gasteiger charge is -2.34. The van der Waals surface area contributed by atoms with Crippen molar-refractivity contribution in [2.75, 3.05) is 4.90 Å². The average Bonchev–Trinajstić information content (AvgIpc) is 3.24. The third-order valence-corrected chi connectivity index (χ3v) is 15.1. The molecule has 0 N–H and O–H groups in total. The second-order valence-corrected chi connectivity index (χ2v) is 26.9. The van der Waals surface area contributed by atoms with Crippen molar-refractivity contribution in [1.29, 1.82) is 0 Å². The molecule has 0 atom stereocenters. The molecule has 0 aromatic heterocycles. The van der Waals surface area contributed by atoms with E-state index in [1.165, 1.54) is 4.90 Å². The van der Waals surface area contributed by atoms with Gasteiger partial charge in [-0.3, -0.25) is 9.59 Å². The summed E-state index contributed by atoms with van der Waals surface area (Å²) in [6, 6.07) is 33.8. The number of halogens is 1. The van der Waals surface area contributed by atoms with Crippen molar-refractivity contribution in [3.63, 3.8) is 0 Å². The third kappa shape index (κ3) is 8.46. The average molecular weight is 997 g/mol. The van der Waals surface area contributed by atoms with Crippen molar-refractivity contribution < 1.29 is 19.1 Å². The molecule has 9 rings (SSSR count). The van der Waals surface area contributed by atoms with Crippen LogP contribution in [0.1, 0.15) is 179 Å². The van der Waals surface area contributed by atoms with Gasteiger partial charge >= 0.3 is 0 Å². The van der Waals surface area contributed by atoms with Gasteiger partial charge in [-0.2, -0.15) is 0 Å². The van der Waals surface area contributed by atoms with Gasteiger partial charge in [-0.15, -0.1) is 0 Å². The molecule has 1 aliphatic heterocycles. The Labute approximate surface area is 424 Å². The van der Waals surface area contributed by atoms with Gasteiger partial charge in [0.05, 0.1) is 16.8 Å². The number of amides is 2. The zero-order valence-electron chi connectivity index (χ0n) is 44.7. The van der Waals surface area contributed by atoms with Gasteiger partial charge in [-0.25, -0.2) is 4.90 Å². The van der Waals surface area contributed by atoms with Crippen LogP contribution in [0.15, 0.2) is 102 Å². The van der Waals surface area contributed by atoms with E-state index in [1.54, 1.807) is 0 Å². The molecule has 0 bridgehead atoms. The first-order valence-electron chi connectivity index (χ1n) is 24.8. The molecule has 1 aliphatic rings. The zero-order chi connectivity index (χ0) is 51.2. The molecule has 0 spiro atoms. The lowest BCUT2D eigenvalue weighted by molar-refractivity contribution is 0.0892. The number of imide groups is 1. The number of anilines is 1. The number of carbonyl (C=O) groups excluding carboxylic acids is 2. The monoisotopic (exact) mass is 995 g/mol. The maximum atomic E-state index is 15.9. The van der Waals surface area contributed by atoms with Gasteiger partial charge in [-0.05, 0) is 136 Å². The van der Waals surface area contributed by atoms with Gasteiger partial charge in [0.2, 0.25) is 0 Å². The highest BCUT2D eigenvalue weighted by molar-refractivity contribution is 9.10. The van der Waals surface area contributed by atoms with E-state index < -0.39 is 17.2 Å². The van der Waals surface area contributed by atoms with Gasteiger partial charge in [0.15, 0.2) is 0 Å². The van der Waals surface area contributed by atoms with Crippen LogP contribution in [0.25, 0.3) is 43.1 Å². The van der Waals surface area contributed by atoms with E-state index in [9.17, 15) is 0 Å². The van der Waals surface area contributed by atoms with E-state index in [1.807, 2.05) is 18.2 Å². The topological polar surface area (TPSA) is 55.8 Å². The van der Waals surface area contributed by atoms with Crippen LogP contribution in [0, 0.1) is 0 Å². The fourth-order valence-electron chi connectivity index (χ4n) is 10.1. The standard InChI is InChI=1S/C64H70BrNO4/c1-59(2,3)35-22-24-47(64(16,17)18)49(32-35)66-57(67)45-33-50(69-40-28-36(60(4,5)6)26-37(29-40)61(7,8)9)54-43-21-19-20-42-48(65)25-23-44(52(42)43)55-51(34-46(58(66)68)53(45)56(54)55)70-41-30-38(62(10,11)12)27-39(31-41)63(13,14)15/h19-34H,1-18H3. The smallest absolute Gasteiger partial charge is 0.266 e. The Balaban J connectivity index is 1.46. The van der Waals surface area contributed by atoms with Crippen LogP contribution in [-0.2, 0) is 32.5 Å². The number of hydrogen-bond donors (Lipinski definition) is 0. The molecule has 6 heteroatoms. The van der Waals surface area contributed by atoms with Crippen molar-refractivity contribution in [3.05, 3.63) is 146 Å². The first-order chi connectivity index (χ1) is 32.2. The van der Waals surface area contributed by atoms with E-state index >= 15 is 9.59 Å². The number of ether oxygens (including phenoxy) is 2. The molecule has 0 aliphatic carbocycles. The second kappa shape index (κ2) is 16.2. The van der Waals surface area contributed by atoms with Crippen LogP contribution >= 0.6 is 15.9 Å². The summed E-state index contributed by atoms with van der Waals surface area (Å²) in [5.41, 5.74) is 6.56. The lowest BCUT2D eigenvalue weighted by atomic mass is 9.79. The molecule has 0 saturated heterocycles. The van der Waals surface area contributed by atoms with Crippen molar-refractivity contribution in [2.24, 2.45) is 0 Å². The van der Waals surface area contributed by atoms with Crippen LogP contribution < -0.4 is 14.4 Å². The van der Waals surface area contributed by atoms with Crippen LogP contribution in [0.3, 0.4) is 0 Å². The molecular weight excluding hydrogens is 927 g/mol. The van der Waals surface area contributed by atoms with Gasteiger partial charge in [0.1, 0.15) is 23.0 Å². The first kappa shape index (κ1) is 49.3. The van der Waals surface area contributed by atoms with E-state index in [-0.39, 0.29) is 27.1 Å². The maximum Gasteiger partial charge on any atom is 0.266 e. The van der Waals surface area contributed by atoms with E-state index in [4.69, 9.17) is 9.47 Å². The number of rotatable bonds is 5. The van der Waals surface area contributed by atoms with Crippen molar-refractivity contribution >= 4 is 76.5 Å². The number of carbonyl (C=O) groups is 2. The molecule has 8 aromatic carbocycles. The summed E-state index contributed by atoms with van der Waals surface area (Å²) >= 11 is 3.91. The quantitative estimate of drug-likeness (QED) is 0.0979. The largest absolute Gasteiger partial charge is 0.457 e. The number of fused-ring (bicyclic) bond motifs is 2. The fourth-order valence-corrected chi connectivity index (χ4v) is 10.5. The Kier molecular flexibility index (Phi) is 11.4. The lowest BCUT2D eigenvalue weighted by Crippen LogP contribution is -2.42. The first-order valence-corrected chi connectivity index (χ1v) is 25.6. The highest BCUT2D eigenvalue weighted by Crippen LogP contribution is 2.54. The molecule has 0 unspecified atom stereocenters. The number of benzene rings is 8. The summed E-state index contributed by atoms with van der Waals surface area (Å²) < 4.78 is 15.7. The highest BCUT2D eigenvalue weighted by Gasteiger charge is 2.40. The molecule has 362 valence electrons. The van der Waals surface area contributed by atoms with E-state index in [0.29, 0.717) is 45.2 Å². The van der Waals surface area contributed by atoms with Crippen LogP contribution in [0.4, 0.5) is 5.69 Å². The summed E-state index contributed by atoms with van der Waals surface area (Å²) in [6.45, 7) is 39.5. The number of hydrogen-bond acceptors (Lipinski definition) is 4. The molecule has 2 amide bonds. The van der Waals surface area contributed by atoms with Gasteiger partial charge in [-0.1, -0.05) is 189 Å². The van der Waals surface area contributed by atoms with Gasteiger partial charge in [0, 0.05) is 26.0 Å². The SMILES string of the molecule is CC(C)(C)c1cc(Oc2cc3c4c(cc(Oc5cc(C(C)(C)C)cc(C(C)(C)C)c5)c5c6ccc(Br)c7cccc(c2c45)c76)C(=O)N(c2cc(C(C)(C)C)ccc2C(C)(C)C)C3=O)cc(C(C)(C)C)c1. The van der Waals surface area contributed by atoms with Crippen molar-refractivity contribution in [1.82, 2.24) is 0 Å². The Hall–Kier alpha value is -5.72. The van der Waals surface area contributed by atoms with Crippen LogP contribution in [0.5, 0.6) is 23.0 Å². The van der Waals surface area contributed by atoms with Crippen molar-refractivity contribution in [2.45, 2.75) is 157 Å². The van der Waals surface area contributed by atoms with Crippen LogP contribution in [-0.4, -0.2) is 11.8 Å². The van der Waals surface area contributed by atoms with Crippen molar-refractivity contribution in [3.8, 4) is 23.0 Å². The molecule has 5 nitrogen and oxygen atoms in total. The Morgan fingerprint density at radius 1 is 0.386 bits per heavy atom. The molecule has 0 fully saturated rings. The number of nitrogens with zero attached hydrogens (tertiary/aromatic N) is 1. The Morgan fingerprint density at radius 3 is 1.21 bits per heavy atom. The molecule has 8 aromatic rings. The minimum absolute atomic E-state index is 0.172. The predicted octanol–water partition coefficient (Wildman–Crippen LogP) is 18.7. The summed E-state index contributed by atoms with van der Waals surface area (Å²) in [4.78, 5) is 33.2. The normalized spacial score (nSPS) is 14.2. The molecule has 0 radical (unpaired) electrons. The second-order valence-electron chi connectivity index (χ2n) is 26.0. The summed E-state index contributed by atoms with van der Waals surface area (Å²) in [5, 5.41) is 6.96. The van der Waals surface area contributed by atoms with E-state index in [0.717, 1.165) is 75.6 Å². The highest BCUT2D eigenvalue weighted by atomic mass is 79.9. The minimum atomic E-state index is -0.401. The van der Waals surface area contributed by atoms with E-state index in [2.05, 4.69) is 219 Å². The van der Waals surface area contributed by atoms with Gasteiger partial charge < -0.3 is 9.47 Å². The summed E-state index contributed by atoms with van der Waals surface area (Å²) in [6.07, 6.45) is 0. The summed E-state index contributed by atoms with van der Waals surface area (Å²) in [7, 11) is 0. The fraction of sp³-hybridized carbons (Fsp3) is 0.375. The molecule has 0 saturated carbocycles. The van der Waals surface area contributed by atoms with Crippen LogP contribution in [0.2, 0.25) is 0 Å². The maximum absolute atomic E-state index is 15.9. The summed E-state index contributed by atoms with van der Waals surface area (Å²) in [5.74, 6) is 1.64. The minimum Gasteiger partial charge on any atom is -0.457 e. The molecule has 70 heavy (non-hydrogen) atoms. The zero-order valence-corrected chi connectivity index (χ0v) is 46.3. The van der Waals surface area contributed by atoms with Gasteiger partial charge in [0.25, 0.3) is 11.8 Å².